The Balaban J connectivity index is 1.40. The first-order chi connectivity index (χ1) is 15.3. The highest BCUT2D eigenvalue weighted by atomic mass is 19.1. The number of likely N-dealkylation sites (tertiary alicyclic amines) is 1. The zero-order valence-corrected chi connectivity index (χ0v) is 18.3. The van der Waals surface area contributed by atoms with Gasteiger partial charge in [-0.05, 0) is 56.9 Å². The monoisotopic (exact) mass is 447 g/mol. The highest BCUT2D eigenvalue weighted by Crippen LogP contribution is 2.21. The fourth-order valence-electron chi connectivity index (χ4n) is 4.10. The van der Waals surface area contributed by atoms with E-state index in [4.69, 9.17) is 4.74 Å². The minimum Gasteiger partial charge on any atom is -0.452 e. The second kappa shape index (κ2) is 11.1. The van der Waals surface area contributed by atoms with Crippen molar-refractivity contribution in [2.24, 2.45) is 5.92 Å². The van der Waals surface area contributed by atoms with Crippen LogP contribution in [0.3, 0.4) is 0 Å². The van der Waals surface area contributed by atoms with Gasteiger partial charge in [-0.1, -0.05) is 19.3 Å². The molecule has 0 radical (unpaired) electrons. The standard InChI is InChI=1S/C23H30FN3O5/c1-15(20(28)26-23(31)25-19-5-3-2-4-6-19)32-22(30)17-11-13-27(14-12-17)21(29)16-7-9-18(24)10-8-16/h7-10,15,17,19H,2-6,11-14H2,1H3,(H2,25,26,28,31). The molecule has 2 N–H and O–H groups in total. The fraction of sp³-hybridized carbons (Fsp3) is 0.565. The molecule has 0 aromatic heterocycles. The highest BCUT2D eigenvalue weighted by Gasteiger charge is 2.31. The van der Waals surface area contributed by atoms with Crippen LogP contribution >= 0.6 is 0 Å². The molecule has 174 valence electrons. The van der Waals surface area contributed by atoms with Gasteiger partial charge in [0, 0.05) is 24.7 Å². The number of halogens is 1. The molecule has 1 saturated carbocycles. The number of esters is 1. The Morgan fingerprint density at radius 3 is 2.25 bits per heavy atom. The maximum atomic E-state index is 13.0. The van der Waals surface area contributed by atoms with Crippen LogP contribution in [0, 0.1) is 11.7 Å². The van der Waals surface area contributed by atoms with Gasteiger partial charge in [0.1, 0.15) is 5.82 Å². The van der Waals surface area contributed by atoms with Gasteiger partial charge in [-0.15, -0.1) is 0 Å². The first-order valence-corrected chi connectivity index (χ1v) is 11.2. The van der Waals surface area contributed by atoms with E-state index in [1.807, 2.05) is 0 Å². The molecule has 3 rings (SSSR count). The molecule has 1 atom stereocenters. The number of hydrogen-bond donors (Lipinski definition) is 2. The summed E-state index contributed by atoms with van der Waals surface area (Å²) < 4.78 is 18.3. The van der Waals surface area contributed by atoms with E-state index >= 15 is 0 Å². The summed E-state index contributed by atoms with van der Waals surface area (Å²) in [6.07, 6.45) is 4.78. The molecule has 32 heavy (non-hydrogen) atoms. The first-order valence-electron chi connectivity index (χ1n) is 11.2. The van der Waals surface area contributed by atoms with E-state index in [2.05, 4.69) is 10.6 Å². The molecule has 1 aromatic carbocycles. The van der Waals surface area contributed by atoms with Gasteiger partial charge in [0.2, 0.25) is 0 Å². The van der Waals surface area contributed by atoms with E-state index in [0.717, 1.165) is 32.1 Å². The van der Waals surface area contributed by atoms with Crippen LogP contribution in [0.1, 0.15) is 62.2 Å². The first kappa shape index (κ1) is 23.7. The summed E-state index contributed by atoms with van der Waals surface area (Å²) in [5, 5.41) is 5.02. The maximum Gasteiger partial charge on any atom is 0.321 e. The lowest BCUT2D eigenvalue weighted by Gasteiger charge is -2.31. The van der Waals surface area contributed by atoms with Gasteiger partial charge in [-0.25, -0.2) is 9.18 Å². The quantitative estimate of drug-likeness (QED) is 0.676. The maximum absolute atomic E-state index is 13.0. The molecule has 4 amide bonds. The zero-order chi connectivity index (χ0) is 23.1. The van der Waals surface area contributed by atoms with E-state index in [-0.39, 0.29) is 11.9 Å². The zero-order valence-electron chi connectivity index (χ0n) is 18.3. The van der Waals surface area contributed by atoms with Crippen molar-refractivity contribution in [1.82, 2.24) is 15.5 Å². The second-order valence-corrected chi connectivity index (χ2v) is 8.45. The fourth-order valence-corrected chi connectivity index (χ4v) is 4.10. The van der Waals surface area contributed by atoms with Crippen LogP contribution in [0.2, 0.25) is 0 Å². The Hall–Kier alpha value is -2.97. The molecule has 1 heterocycles. The van der Waals surface area contributed by atoms with Crippen LogP contribution in [0.25, 0.3) is 0 Å². The number of ether oxygens (including phenoxy) is 1. The van der Waals surface area contributed by atoms with E-state index in [0.29, 0.717) is 31.5 Å². The third-order valence-electron chi connectivity index (χ3n) is 6.05. The smallest absolute Gasteiger partial charge is 0.321 e. The molecule has 2 aliphatic rings. The molecule has 8 nitrogen and oxygen atoms in total. The number of urea groups is 1. The van der Waals surface area contributed by atoms with Crippen molar-refractivity contribution in [1.29, 1.82) is 0 Å². The Morgan fingerprint density at radius 2 is 1.62 bits per heavy atom. The molecule has 1 aliphatic heterocycles. The summed E-state index contributed by atoms with van der Waals surface area (Å²) in [6, 6.07) is 4.83. The van der Waals surface area contributed by atoms with E-state index in [1.165, 1.54) is 31.2 Å². The molecule has 0 spiro atoms. The van der Waals surface area contributed by atoms with Crippen molar-refractivity contribution in [3.8, 4) is 0 Å². The van der Waals surface area contributed by atoms with Crippen molar-refractivity contribution < 1.29 is 28.3 Å². The molecule has 1 aliphatic carbocycles. The third-order valence-corrected chi connectivity index (χ3v) is 6.05. The molecular formula is C23H30FN3O5. The summed E-state index contributed by atoms with van der Waals surface area (Å²) in [7, 11) is 0. The number of amides is 4. The van der Waals surface area contributed by atoms with Gasteiger partial charge in [0.25, 0.3) is 11.8 Å². The summed E-state index contributed by atoms with van der Waals surface area (Å²) in [5.41, 5.74) is 0.393. The molecule has 1 unspecified atom stereocenters. The number of benzene rings is 1. The topological polar surface area (TPSA) is 105 Å². The SMILES string of the molecule is CC(OC(=O)C1CCN(C(=O)c2ccc(F)cc2)CC1)C(=O)NC(=O)NC1CCCCC1. The van der Waals surface area contributed by atoms with Crippen LogP contribution in [-0.2, 0) is 14.3 Å². The lowest BCUT2D eigenvalue weighted by Crippen LogP contribution is -2.48. The van der Waals surface area contributed by atoms with Crippen molar-refractivity contribution in [2.45, 2.75) is 64.0 Å². The predicted molar refractivity (Wildman–Crippen MR) is 114 cm³/mol. The Kier molecular flexibility index (Phi) is 8.19. The van der Waals surface area contributed by atoms with Crippen LogP contribution < -0.4 is 10.6 Å². The minimum absolute atomic E-state index is 0.0669. The molecule has 2 fully saturated rings. The average molecular weight is 448 g/mol. The summed E-state index contributed by atoms with van der Waals surface area (Å²) in [5.74, 6) is -2.25. The Morgan fingerprint density at radius 1 is 1.00 bits per heavy atom. The van der Waals surface area contributed by atoms with Gasteiger partial charge >= 0.3 is 12.0 Å². The molecule has 0 bridgehead atoms. The largest absolute Gasteiger partial charge is 0.452 e. The predicted octanol–water partition coefficient (Wildman–Crippen LogP) is 2.77. The second-order valence-electron chi connectivity index (χ2n) is 8.45. The Labute approximate surface area is 186 Å². The molecule has 9 heteroatoms. The summed E-state index contributed by atoms with van der Waals surface area (Å²) in [4.78, 5) is 50.8. The van der Waals surface area contributed by atoms with Crippen LogP contribution in [0.15, 0.2) is 24.3 Å². The number of carbonyl (C=O) groups excluding carboxylic acids is 4. The van der Waals surface area contributed by atoms with Crippen LogP contribution in [-0.4, -0.2) is 54.0 Å². The van der Waals surface area contributed by atoms with Crippen molar-refractivity contribution in [3.05, 3.63) is 35.6 Å². The lowest BCUT2D eigenvalue weighted by molar-refractivity contribution is -0.159. The summed E-state index contributed by atoms with van der Waals surface area (Å²) >= 11 is 0. The number of carbonyl (C=O) groups is 4. The lowest BCUT2D eigenvalue weighted by atomic mass is 9.96. The van der Waals surface area contributed by atoms with Gasteiger partial charge in [0.05, 0.1) is 5.92 Å². The number of piperidine rings is 1. The third kappa shape index (κ3) is 6.51. The highest BCUT2D eigenvalue weighted by molar-refractivity contribution is 5.97. The van der Waals surface area contributed by atoms with Crippen LogP contribution in [0.4, 0.5) is 9.18 Å². The van der Waals surface area contributed by atoms with Crippen molar-refractivity contribution in [2.75, 3.05) is 13.1 Å². The van der Waals surface area contributed by atoms with Gasteiger partial charge in [-0.3, -0.25) is 19.7 Å². The number of rotatable bonds is 5. The van der Waals surface area contributed by atoms with Crippen molar-refractivity contribution >= 4 is 23.8 Å². The number of nitrogens with zero attached hydrogens (tertiary/aromatic N) is 1. The number of hydrogen-bond acceptors (Lipinski definition) is 5. The number of imide groups is 1. The van der Waals surface area contributed by atoms with Gasteiger partial charge in [-0.2, -0.15) is 0 Å². The molecule has 1 aromatic rings. The van der Waals surface area contributed by atoms with Crippen molar-refractivity contribution in [3.63, 3.8) is 0 Å². The van der Waals surface area contributed by atoms with E-state index in [9.17, 15) is 23.6 Å². The normalized spacial score (nSPS) is 18.5. The van der Waals surface area contributed by atoms with Gasteiger partial charge in [0.15, 0.2) is 6.10 Å². The molecule has 1 saturated heterocycles. The van der Waals surface area contributed by atoms with E-state index < -0.39 is 35.7 Å². The van der Waals surface area contributed by atoms with Crippen LogP contribution in [0.5, 0.6) is 0 Å². The average Bonchev–Trinajstić information content (AvgIpc) is 2.79. The van der Waals surface area contributed by atoms with E-state index in [1.54, 1.807) is 4.90 Å². The number of nitrogens with one attached hydrogen (secondary N) is 2. The Bertz CT molecular complexity index is 831. The minimum atomic E-state index is -1.10. The van der Waals surface area contributed by atoms with Gasteiger partial charge < -0.3 is 15.0 Å². The summed E-state index contributed by atoms with van der Waals surface area (Å²) in [6.45, 7) is 2.15. The molecular weight excluding hydrogens is 417 g/mol.